The number of hydrogen-bond acceptors (Lipinski definition) is 2. The summed E-state index contributed by atoms with van der Waals surface area (Å²) in [6.45, 7) is 15.7. The lowest BCUT2D eigenvalue weighted by molar-refractivity contribution is 0.282. The fraction of sp³-hybridized carbons (Fsp3) is 0.667. The fourth-order valence-corrected chi connectivity index (χ4v) is 2.77. The van der Waals surface area contributed by atoms with Gasteiger partial charge in [0.2, 0.25) is 0 Å². The molecule has 0 bridgehead atoms. The first-order valence-corrected chi connectivity index (χ1v) is 8.14. The minimum Gasteiger partial charge on any atom is -0.310 e. The van der Waals surface area contributed by atoms with Gasteiger partial charge in [-0.1, -0.05) is 50.1 Å². The number of nitrogens with zero attached hydrogens (tertiary/aromatic N) is 1. The van der Waals surface area contributed by atoms with Crippen molar-refractivity contribution < 1.29 is 0 Å². The van der Waals surface area contributed by atoms with Gasteiger partial charge in [0.1, 0.15) is 0 Å². The maximum absolute atomic E-state index is 3.72. The Morgan fingerprint density at radius 1 is 1.00 bits per heavy atom. The highest BCUT2D eigenvalue weighted by molar-refractivity contribution is 5.30. The van der Waals surface area contributed by atoms with Gasteiger partial charge in [-0.05, 0) is 58.4 Å². The van der Waals surface area contributed by atoms with Crippen molar-refractivity contribution in [2.24, 2.45) is 0 Å². The predicted molar refractivity (Wildman–Crippen MR) is 89.4 cm³/mol. The molecule has 0 aliphatic carbocycles. The SMILES string of the molecule is CCCNC(CCN(CC)CC)c1cc(C)cc(C)c1. The molecule has 0 saturated carbocycles. The molecule has 2 nitrogen and oxygen atoms in total. The maximum Gasteiger partial charge on any atom is 0.0332 e. The Morgan fingerprint density at radius 2 is 1.60 bits per heavy atom. The van der Waals surface area contributed by atoms with E-state index in [9.17, 15) is 0 Å². The molecular weight excluding hydrogens is 244 g/mol. The van der Waals surface area contributed by atoms with Gasteiger partial charge in [0.25, 0.3) is 0 Å². The summed E-state index contributed by atoms with van der Waals surface area (Å²) in [6.07, 6.45) is 2.37. The van der Waals surface area contributed by atoms with Crippen molar-refractivity contribution in [1.29, 1.82) is 0 Å². The Morgan fingerprint density at radius 3 is 2.10 bits per heavy atom. The second-order valence-electron chi connectivity index (χ2n) is 5.74. The summed E-state index contributed by atoms with van der Waals surface area (Å²) in [5, 5.41) is 3.72. The number of nitrogens with one attached hydrogen (secondary N) is 1. The van der Waals surface area contributed by atoms with E-state index in [4.69, 9.17) is 0 Å². The van der Waals surface area contributed by atoms with Crippen LogP contribution in [0.5, 0.6) is 0 Å². The monoisotopic (exact) mass is 276 g/mol. The highest BCUT2D eigenvalue weighted by atomic mass is 15.1. The third kappa shape index (κ3) is 5.64. The average molecular weight is 276 g/mol. The molecule has 1 atom stereocenters. The van der Waals surface area contributed by atoms with Crippen molar-refractivity contribution in [2.75, 3.05) is 26.2 Å². The molecule has 1 aromatic rings. The summed E-state index contributed by atoms with van der Waals surface area (Å²) in [4.78, 5) is 2.50. The van der Waals surface area contributed by atoms with Gasteiger partial charge in [-0.15, -0.1) is 0 Å². The van der Waals surface area contributed by atoms with E-state index in [2.05, 4.69) is 63.0 Å². The van der Waals surface area contributed by atoms with Crippen LogP contribution in [0.4, 0.5) is 0 Å². The molecule has 0 aromatic heterocycles. The van der Waals surface area contributed by atoms with E-state index in [0.717, 1.165) is 19.6 Å². The van der Waals surface area contributed by atoms with E-state index in [1.807, 2.05) is 0 Å². The first kappa shape index (κ1) is 17.2. The third-order valence-corrected chi connectivity index (χ3v) is 3.92. The second kappa shape index (κ2) is 9.15. The first-order valence-electron chi connectivity index (χ1n) is 8.14. The molecule has 0 amide bonds. The van der Waals surface area contributed by atoms with Gasteiger partial charge < -0.3 is 10.2 Å². The van der Waals surface area contributed by atoms with Crippen molar-refractivity contribution in [2.45, 2.75) is 53.5 Å². The largest absolute Gasteiger partial charge is 0.310 e. The topological polar surface area (TPSA) is 15.3 Å². The van der Waals surface area contributed by atoms with Crippen LogP contribution in [0.1, 0.15) is 56.3 Å². The summed E-state index contributed by atoms with van der Waals surface area (Å²) in [6, 6.07) is 7.41. The minimum absolute atomic E-state index is 0.481. The van der Waals surface area contributed by atoms with Crippen molar-refractivity contribution in [3.63, 3.8) is 0 Å². The molecule has 0 fully saturated rings. The van der Waals surface area contributed by atoms with E-state index in [-0.39, 0.29) is 0 Å². The van der Waals surface area contributed by atoms with Crippen LogP contribution in [-0.4, -0.2) is 31.1 Å². The van der Waals surface area contributed by atoms with Crippen LogP contribution in [-0.2, 0) is 0 Å². The van der Waals surface area contributed by atoms with Crippen LogP contribution in [0.2, 0.25) is 0 Å². The van der Waals surface area contributed by atoms with Crippen molar-refractivity contribution >= 4 is 0 Å². The van der Waals surface area contributed by atoms with Gasteiger partial charge in [-0.25, -0.2) is 0 Å². The summed E-state index contributed by atoms with van der Waals surface area (Å²) in [5.41, 5.74) is 4.18. The Kier molecular flexibility index (Phi) is 7.86. The molecule has 0 radical (unpaired) electrons. The molecule has 0 heterocycles. The van der Waals surface area contributed by atoms with Crippen LogP contribution in [0, 0.1) is 13.8 Å². The lowest BCUT2D eigenvalue weighted by atomic mass is 9.98. The van der Waals surface area contributed by atoms with Gasteiger partial charge in [-0.2, -0.15) is 0 Å². The van der Waals surface area contributed by atoms with Crippen LogP contribution in [0.3, 0.4) is 0 Å². The van der Waals surface area contributed by atoms with Crippen molar-refractivity contribution in [3.05, 3.63) is 34.9 Å². The summed E-state index contributed by atoms with van der Waals surface area (Å²) in [7, 11) is 0. The van der Waals surface area contributed by atoms with Gasteiger partial charge >= 0.3 is 0 Å². The summed E-state index contributed by atoms with van der Waals surface area (Å²) < 4.78 is 0. The van der Waals surface area contributed by atoms with Crippen LogP contribution < -0.4 is 5.32 Å². The third-order valence-electron chi connectivity index (χ3n) is 3.92. The highest BCUT2D eigenvalue weighted by Crippen LogP contribution is 2.20. The van der Waals surface area contributed by atoms with E-state index in [1.54, 1.807) is 0 Å². The molecule has 2 heteroatoms. The maximum atomic E-state index is 3.72. The average Bonchev–Trinajstić information content (AvgIpc) is 2.42. The Balaban J connectivity index is 2.76. The van der Waals surface area contributed by atoms with Gasteiger partial charge in [-0.3, -0.25) is 0 Å². The van der Waals surface area contributed by atoms with Crippen molar-refractivity contribution in [1.82, 2.24) is 10.2 Å². The Hall–Kier alpha value is -0.860. The van der Waals surface area contributed by atoms with E-state index >= 15 is 0 Å². The lowest BCUT2D eigenvalue weighted by Gasteiger charge is -2.24. The second-order valence-corrected chi connectivity index (χ2v) is 5.74. The molecule has 1 rings (SSSR count). The predicted octanol–water partition coefficient (Wildman–Crippen LogP) is 4.08. The molecular formula is C18H32N2. The first-order chi connectivity index (χ1) is 9.60. The molecule has 0 spiro atoms. The van der Waals surface area contributed by atoms with Crippen LogP contribution >= 0.6 is 0 Å². The van der Waals surface area contributed by atoms with Gasteiger partial charge in [0.05, 0.1) is 0 Å². The van der Waals surface area contributed by atoms with E-state index < -0.39 is 0 Å². The van der Waals surface area contributed by atoms with Gasteiger partial charge in [0, 0.05) is 6.04 Å². The van der Waals surface area contributed by atoms with Crippen molar-refractivity contribution in [3.8, 4) is 0 Å². The van der Waals surface area contributed by atoms with E-state index in [0.29, 0.717) is 6.04 Å². The zero-order chi connectivity index (χ0) is 15.0. The number of benzene rings is 1. The normalized spacial score (nSPS) is 12.9. The minimum atomic E-state index is 0.481. The molecule has 0 aliphatic heterocycles. The molecule has 114 valence electrons. The molecule has 1 N–H and O–H groups in total. The molecule has 0 saturated heterocycles. The Labute approximate surface area is 125 Å². The zero-order valence-corrected chi connectivity index (χ0v) is 14.0. The quantitative estimate of drug-likeness (QED) is 0.731. The number of aryl methyl sites for hydroxylation is 2. The number of hydrogen-bond donors (Lipinski definition) is 1. The van der Waals surface area contributed by atoms with Crippen LogP contribution in [0.25, 0.3) is 0 Å². The number of rotatable bonds is 9. The molecule has 1 unspecified atom stereocenters. The highest BCUT2D eigenvalue weighted by Gasteiger charge is 2.12. The zero-order valence-electron chi connectivity index (χ0n) is 14.0. The van der Waals surface area contributed by atoms with Crippen LogP contribution in [0.15, 0.2) is 18.2 Å². The van der Waals surface area contributed by atoms with E-state index in [1.165, 1.54) is 36.1 Å². The Bertz CT molecular complexity index is 363. The summed E-state index contributed by atoms with van der Waals surface area (Å²) in [5.74, 6) is 0. The standard InChI is InChI=1S/C18H32N2/c1-6-10-19-18(9-11-20(7-2)8-3)17-13-15(4)12-16(5)14-17/h12-14,18-19H,6-11H2,1-5H3. The molecule has 0 aliphatic rings. The summed E-state index contributed by atoms with van der Waals surface area (Å²) >= 11 is 0. The van der Waals surface area contributed by atoms with Gasteiger partial charge in [0.15, 0.2) is 0 Å². The smallest absolute Gasteiger partial charge is 0.0332 e. The lowest BCUT2D eigenvalue weighted by Crippen LogP contribution is -2.30. The molecule has 20 heavy (non-hydrogen) atoms. The molecule has 1 aromatic carbocycles. The fourth-order valence-electron chi connectivity index (χ4n) is 2.77.